The minimum Gasteiger partial charge on any atom is -0.0776 e. The Kier molecular flexibility index (Phi) is 7.02. The summed E-state index contributed by atoms with van der Waals surface area (Å²) in [5.74, 6) is 0.256. The molecule has 0 atom stereocenters. The van der Waals surface area contributed by atoms with Crippen LogP contribution in [0.5, 0.6) is 0 Å². The molecule has 160 valence electrons. The smallest absolute Gasteiger partial charge is 0.0348 e. The summed E-state index contributed by atoms with van der Waals surface area (Å²) in [4.78, 5) is 0. The molecule has 0 aliphatic heterocycles. The van der Waals surface area contributed by atoms with Crippen molar-refractivity contribution < 1.29 is 0 Å². The second-order valence-electron chi connectivity index (χ2n) is 9.03. The maximum absolute atomic E-state index is 2.44. The van der Waals surface area contributed by atoms with Crippen LogP contribution in [-0.2, 0) is 0 Å². The molecule has 0 heteroatoms. The van der Waals surface area contributed by atoms with E-state index >= 15 is 0 Å². The van der Waals surface area contributed by atoms with Crippen molar-refractivity contribution >= 4 is 0 Å². The van der Waals surface area contributed by atoms with Gasteiger partial charge in [0.25, 0.3) is 0 Å². The van der Waals surface area contributed by atoms with Crippen LogP contribution in [0.2, 0.25) is 0 Å². The molecule has 0 aromatic heterocycles. The first-order chi connectivity index (χ1) is 13.6. The molecular weight excluding hydrogens is 360 g/mol. The summed E-state index contributed by atoms with van der Waals surface area (Å²) in [5.41, 5.74) is 18.4. The zero-order valence-electron chi connectivity index (χ0n) is 20.0. The molecule has 0 N–H and O–H groups in total. The minimum absolute atomic E-state index is 0. The summed E-state index contributed by atoms with van der Waals surface area (Å²) in [5, 5.41) is 0. The third-order valence-corrected chi connectivity index (χ3v) is 7.65. The Balaban J connectivity index is 0.00000320. The summed E-state index contributed by atoms with van der Waals surface area (Å²) in [6.07, 6.45) is 0. The first-order valence-corrected chi connectivity index (χ1v) is 10.8. The molecular formula is C30H40. The second-order valence-corrected chi connectivity index (χ2v) is 9.03. The van der Waals surface area contributed by atoms with Crippen LogP contribution < -0.4 is 0 Å². The van der Waals surface area contributed by atoms with Crippen LogP contribution in [0.1, 0.15) is 85.7 Å². The maximum Gasteiger partial charge on any atom is 0.0348 e. The van der Waals surface area contributed by atoms with Gasteiger partial charge in [0.1, 0.15) is 0 Å². The molecule has 0 saturated heterocycles. The van der Waals surface area contributed by atoms with Gasteiger partial charge in [-0.05, 0) is 142 Å². The lowest BCUT2D eigenvalue weighted by Gasteiger charge is -2.28. The summed E-state index contributed by atoms with van der Waals surface area (Å²) in [7, 11) is 0. The Morgan fingerprint density at radius 3 is 1.20 bits per heavy atom. The van der Waals surface area contributed by atoms with Crippen LogP contribution in [0.3, 0.4) is 0 Å². The van der Waals surface area contributed by atoms with Crippen molar-refractivity contribution in [3.8, 4) is 0 Å². The molecule has 30 heavy (non-hydrogen) atoms. The fourth-order valence-electron chi connectivity index (χ4n) is 4.63. The molecule has 3 rings (SSSR count). The lowest BCUT2D eigenvalue weighted by atomic mass is 9.76. The molecule has 0 saturated carbocycles. The van der Waals surface area contributed by atoms with Gasteiger partial charge in [-0.1, -0.05) is 37.8 Å². The van der Waals surface area contributed by atoms with E-state index in [2.05, 4.69) is 99.6 Å². The lowest BCUT2D eigenvalue weighted by Crippen LogP contribution is -2.12. The summed E-state index contributed by atoms with van der Waals surface area (Å²) >= 11 is 0. The third kappa shape index (κ3) is 3.85. The van der Waals surface area contributed by atoms with Crippen LogP contribution in [-0.4, -0.2) is 0 Å². The van der Waals surface area contributed by atoms with Crippen molar-refractivity contribution in [3.05, 3.63) is 103 Å². The average Bonchev–Trinajstić information content (AvgIpc) is 2.69. The molecule has 0 bridgehead atoms. The number of rotatable bonds is 3. The van der Waals surface area contributed by atoms with E-state index in [9.17, 15) is 0 Å². The van der Waals surface area contributed by atoms with E-state index in [-0.39, 0.29) is 13.3 Å². The van der Waals surface area contributed by atoms with Gasteiger partial charge >= 0.3 is 0 Å². The highest BCUT2D eigenvalue weighted by molar-refractivity contribution is 5.57. The Labute approximate surface area is 185 Å². The molecule has 0 heterocycles. The fourth-order valence-corrected chi connectivity index (χ4v) is 4.63. The van der Waals surface area contributed by atoms with E-state index in [1.165, 1.54) is 72.3 Å². The van der Waals surface area contributed by atoms with Gasteiger partial charge in [-0.15, -0.1) is 0 Å². The van der Waals surface area contributed by atoms with Gasteiger partial charge in [0, 0.05) is 5.92 Å². The van der Waals surface area contributed by atoms with Crippen LogP contribution in [0, 0.1) is 69.2 Å². The van der Waals surface area contributed by atoms with Crippen molar-refractivity contribution in [2.45, 2.75) is 82.6 Å². The second kappa shape index (κ2) is 8.80. The molecule has 3 aromatic carbocycles. The number of benzene rings is 3. The van der Waals surface area contributed by atoms with Gasteiger partial charge < -0.3 is 0 Å². The highest BCUT2D eigenvalue weighted by Crippen LogP contribution is 2.41. The molecule has 0 nitrogen and oxygen atoms in total. The highest BCUT2D eigenvalue weighted by Gasteiger charge is 2.25. The molecule has 0 fully saturated rings. The first kappa shape index (κ1) is 23.9. The quantitative estimate of drug-likeness (QED) is 0.386. The Morgan fingerprint density at radius 1 is 0.400 bits per heavy atom. The van der Waals surface area contributed by atoms with Gasteiger partial charge in [0.05, 0.1) is 0 Å². The third-order valence-electron chi connectivity index (χ3n) is 7.65. The number of hydrogen-bond donors (Lipinski definition) is 0. The van der Waals surface area contributed by atoms with Crippen LogP contribution in [0.25, 0.3) is 0 Å². The SMILES string of the molecule is C.Cc1ccc(C(c2ccc(C)c(C)c2C)c2cc(C)c(C)c(C)c2C)c(C)c1C. The lowest BCUT2D eigenvalue weighted by molar-refractivity contribution is 0.916. The Hall–Kier alpha value is -2.34. The predicted octanol–water partition coefficient (Wildman–Crippen LogP) is 8.59. The van der Waals surface area contributed by atoms with Crippen molar-refractivity contribution in [2.75, 3.05) is 0 Å². The van der Waals surface area contributed by atoms with Gasteiger partial charge in [0.2, 0.25) is 0 Å². The Bertz CT molecular complexity index is 1040. The van der Waals surface area contributed by atoms with Gasteiger partial charge in [-0.25, -0.2) is 0 Å². The van der Waals surface area contributed by atoms with E-state index in [4.69, 9.17) is 0 Å². The summed E-state index contributed by atoms with van der Waals surface area (Å²) < 4.78 is 0. The van der Waals surface area contributed by atoms with Crippen molar-refractivity contribution in [3.63, 3.8) is 0 Å². The maximum atomic E-state index is 2.44. The summed E-state index contributed by atoms with van der Waals surface area (Å²) in [6, 6.07) is 11.8. The molecule has 0 unspecified atom stereocenters. The van der Waals surface area contributed by atoms with Crippen molar-refractivity contribution in [2.24, 2.45) is 0 Å². The molecule has 0 radical (unpaired) electrons. The molecule has 3 aromatic rings. The highest BCUT2D eigenvalue weighted by atomic mass is 14.3. The van der Waals surface area contributed by atoms with E-state index in [0.29, 0.717) is 0 Å². The van der Waals surface area contributed by atoms with Gasteiger partial charge in [0.15, 0.2) is 0 Å². The van der Waals surface area contributed by atoms with Crippen molar-refractivity contribution in [1.29, 1.82) is 0 Å². The van der Waals surface area contributed by atoms with E-state index in [1.807, 2.05) is 0 Å². The van der Waals surface area contributed by atoms with Crippen LogP contribution >= 0.6 is 0 Å². The average molecular weight is 401 g/mol. The number of aryl methyl sites for hydroxylation is 3. The van der Waals surface area contributed by atoms with Crippen molar-refractivity contribution in [1.82, 2.24) is 0 Å². The van der Waals surface area contributed by atoms with Gasteiger partial charge in [-0.2, -0.15) is 0 Å². The van der Waals surface area contributed by atoms with Crippen LogP contribution in [0.4, 0.5) is 0 Å². The molecule has 0 aliphatic carbocycles. The normalized spacial score (nSPS) is 11.0. The minimum atomic E-state index is 0. The topological polar surface area (TPSA) is 0 Å². The van der Waals surface area contributed by atoms with Crippen LogP contribution in [0.15, 0.2) is 30.3 Å². The molecule has 0 aliphatic rings. The standard InChI is InChI=1S/C29H36.CH4/c1-16-11-13-26(23(8)19(16)4)29(27-14-12-17(2)20(5)24(27)9)28-15-18(3)21(6)22(7)25(28)10;/h11-15,29H,1-10H3;1H4. The monoisotopic (exact) mass is 400 g/mol. The largest absolute Gasteiger partial charge is 0.0776 e. The summed E-state index contributed by atoms with van der Waals surface area (Å²) in [6.45, 7) is 22.6. The first-order valence-electron chi connectivity index (χ1n) is 10.8. The molecule has 0 amide bonds. The zero-order valence-corrected chi connectivity index (χ0v) is 20.0. The van der Waals surface area contributed by atoms with E-state index in [1.54, 1.807) is 0 Å². The fraction of sp³-hybridized carbons (Fsp3) is 0.400. The van der Waals surface area contributed by atoms with Gasteiger partial charge in [-0.3, -0.25) is 0 Å². The predicted molar refractivity (Wildman–Crippen MR) is 134 cm³/mol. The van der Waals surface area contributed by atoms with E-state index < -0.39 is 0 Å². The van der Waals surface area contributed by atoms with E-state index in [0.717, 1.165) is 0 Å². The Morgan fingerprint density at radius 2 is 0.767 bits per heavy atom. The number of hydrogen-bond acceptors (Lipinski definition) is 0. The zero-order chi connectivity index (χ0) is 21.6. The molecule has 0 spiro atoms.